The van der Waals surface area contributed by atoms with Crippen LogP contribution in [-0.4, -0.2) is 56.3 Å². The maximum absolute atomic E-state index is 11.0. The van der Waals surface area contributed by atoms with E-state index in [0.717, 1.165) is 32.7 Å². The molecule has 0 spiro atoms. The Bertz CT molecular complexity index is 471. The molecule has 0 bridgehead atoms. The van der Waals surface area contributed by atoms with E-state index in [-0.39, 0.29) is 36.3 Å². The van der Waals surface area contributed by atoms with Crippen molar-refractivity contribution in [1.82, 2.24) is 10.2 Å². The molecule has 1 aliphatic heterocycles. The van der Waals surface area contributed by atoms with Crippen LogP contribution in [0.1, 0.15) is 0 Å². The Morgan fingerprint density at radius 1 is 1.32 bits per heavy atom. The minimum Gasteiger partial charge on any atom is -0.496 e. The van der Waals surface area contributed by atoms with Gasteiger partial charge < -0.3 is 14.8 Å². The summed E-state index contributed by atoms with van der Waals surface area (Å²) in [5, 5.41) is 14.3. The van der Waals surface area contributed by atoms with E-state index in [4.69, 9.17) is 9.47 Å². The zero-order valence-corrected chi connectivity index (χ0v) is 14.0. The number of methoxy groups -OCH3 is 1. The van der Waals surface area contributed by atoms with Crippen molar-refractivity contribution in [3.8, 4) is 11.5 Å². The van der Waals surface area contributed by atoms with Crippen molar-refractivity contribution in [2.75, 3.05) is 46.4 Å². The van der Waals surface area contributed by atoms with Crippen molar-refractivity contribution in [3.05, 3.63) is 28.3 Å². The number of nitrogens with zero attached hydrogens (tertiary/aromatic N) is 2. The van der Waals surface area contributed by atoms with Gasteiger partial charge in [0.25, 0.3) is 0 Å². The summed E-state index contributed by atoms with van der Waals surface area (Å²) in [5.41, 5.74) is -0.0651. The highest BCUT2D eigenvalue weighted by Crippen LogP contribution is 2.30. The zero-order valence-electron chi connectivity index (χ0n) is 12.3. The van der Waals surface area contributed by atoms with Gasteiger partial charge in [-0.25, -0.2) is 0 Å². The molecule has 1 aromatic carbocycles. The molecule has 1 heterocycles. The Kier molecular flexibility index (Phi) is 9.84. The number of hydrogen-bond donors (Lipinski definition) is 1. The summed E-state index contributed by atoms with van der Waals surface area (Å²) >= 11 is 0. The van der Waals surface area contributed by atoms with Gasteiger partial charge in [0.15, 0.2) is 5.75 Å². The van der Waals surface area contributed by atoms with E-state index in [9.17, 15) is 10.1 Å². The molecule has 0 saturated carbocycles. The summed E-state index contributed by atoms with van der Waals surface area (Å²) in [6, 6.07) is 4.61. The molecule has 1 aliphatic rings. The lowest BCUT2D eigenvalue weighted by molar-refractivity contribution is -0.385. The topological polar surface area (TPSA) is 76.9 Å². The molecule has 0 aromatic heterocycles. The largest absolute Gasteiger partial charge is 0.496 e. The number of halogens is 2. The molecule has 0 amide bonds. The van der Waals surface area contributed by atoms with Crippen LogP contribution in [0, 0.1) is 10.1 Å². The normalized spacial score (nSPS) is 14.4. The molecule has 0 atom stereocenters. The van der Waals surface area contributed by atoms with Gasteiger partial charge in [-0.15, -0.1) is 24.8 Å². The molecule has 1 saturated heterocycles. The minimum absolute atomic E-state index is 0. The third-order valence-electron chi connectivity index (χ3n) is 3.24. The van der Waals surface area contributed by atoms with Gasteiger partial charge in [0.1, 0.15) is 12.4 Å². The minimum atomic E-state index is -0.456. The Morgan fingerprint density at radius 2 is 2.00 bits per heavy atom. The smallest absolute Gasteiger partial charge is 0.314 e. The Balaban J connectivity index is 0.00000220. The van der Waals surface area contributed by atoms with Crippen molar-refractivity contribution in [3.63, 3.8) is 0 Å². The molecule has 2 rings (SSSR count). The second-order valence-corrected chi connectivity index (χ2v) is 4.53. The lowest BCUT2D eigenvalue weighted by Crippen LogP contribution is -2.44. The monoisotopic (exact) mass is 353 g/mol. The third-order valence-corrected chi connectivity index (χ3v) is 3.24. The Morgan fingerprint density at radius 3 is 2.59 bits per heavy atom. The van der Waals surface area contributed by atoms with Crippen molar-refractivity contribution in [2.24, 2.45) is 0 Å². The summed E-state index contributed by atoms with van der Waals surface area (Å²) < 4.78 is 10.5. The van der Waals surface area contributed by atoms with Crippen molar-refractivity contribution in [1.29, 1.82) is 0 Å². The van der Waals surface area contributed by atoms with Crippen LogP contribution in [0.2, 0.25) is 0 Å². The van der Waals surface area contributed by atoms with Gasteiger partial charge in [0.05, 0.1) is 18.1 Å². The fourth-order valence-electron chi connectivity index (χ4n) is 2.11. The average molecular weight is 354 g/mol. The number of nitro groups is 1. The summed E-state index contributed by atoms with van der Waals surface area (Å²) in [6.45, 7) is 5.12. The van der Waals surface area contributed by atoms with Gasteiger partial charge in [-0.05, 0) is 12.1 Å². The van der Waals surface area contributed by atoms with Gasteiger partial charge in [0, 0.05) is 32.7 Å². The average Bonchev–Trinajstić information content (AvgIpc) is 2.48. The van der Waals surface area contributed by atoms with Crippen LogP contribution >= 0.6 is 24.8 Å². The highest BCUT2D eigenvalue weighted by atomic mass is 35.5. The molecule has 126 valence electrons. The first-order valence-electron chi connectivity index (χ1n) is 6.59. The Hall–Kier alpha value is -1.28. The highest BCUT2D eigenvalue weighted by molar-refractivity contribution is 5.85. The summed E-state index contributed by atoms with van der Waals surface area (Å²) in [4.78, 5) is 12.8. The first kappa shape index (κ1) is 20.7. The van der Waals surface area contributed by atoms with E-state index in [1.807, 2.05) is 0 Å². The van der Waals surface area contributed by atoms with E-state index >= 15 is 0 Å². The fourth-order valence-corrected chi connectivity index (χ4v) is 2.11. The lowest BCUT2D eigenvalue weighted by atomic mass is 10.3. The van der Waals surface area contributed by atoms with E-state index in [1.54, 1.807) is 12.1 Å². The van der Waals surface area contributed by atoms with Crippen LogP contribution in [0.5, 0.6) is 11.5 Å². The zero-order chi connectivity index (χ0) is 14.4. The van der Waals surface area contributed by atoms with Crippen molar-refractivity contribution >= 4 is 30.5 Å². The van der Waals surface area contributed by atoms with Crippen LogP contribution in [-0.2, 0) is 0 Å². The summed E-state index contributed by atoms with van der Waals surface area (Å²) in [6.07, 6.45) is 0. The maximum Gasteiger partial charge on any atom is 0.314 e. The summed E-state index contributed by atoms with van der Waals surface area (Å²) in [5.74, 6) is 0.733. The molecule has 1 aromatic rings. The quantitative estimate of drug-likeness (QED) is 0.619. The van der Waals surface area contributed by atoms with Crippen molar-refractivity contribution in [2.45, 2.75) is 0 Å². The number of rotatable bonds is 6. The van der Waals surface area contributed by atoms with E-state index in [1.165, 1.54) is 13.2 Å². The van der Waals surface area contributed by atoms with Crippen LogP contribution in [0.4, 0.5) is 5.69 Å². The SMILES string of the molecule is COc1ccc(OCCN2CCNCC2)c([N+](=O)[O-])c1.Cl.Cl. The molecule has 9 heteroatoms. The first-order chi connectivity index (χ1) is 9.70. The number of piperazine rings is 1. The molecular formula is C13H21Cl2N3O4. The van der Waals surface area contributed by atoms with Crippen LogP contribution in [0.25, 0.3) is 0 Å². The van der Waals surface area contributed by atoms with Gasteiger partial charge in [-0.3, -0.25) is 15.0 Å². The Labute approximate surface area is 141 Å². The number of nitro benzene ring substituents is 1. The van der Waals surface area contributed by atoms with Crippen LogP contribution in [0.15, 0.2) is 18.2 Å². The summed E-state index contributed by atoms with van der Waals surface area (Å²) in [7, 11) is 1.48. The van der Waals surface area contributed by atoms with E-state index in [2.05, 4.69) is 10.2 Å². The highest BCUT2D eigenvalue weighted by Gasteiger charge is 2.17. The van der Waals surface area contributed by atoms with Crippen molar-refractivity contribution < 1.29 is 14.4 Å². The second kappa shape index (κ2) is 10.4. The molecular weight excluding hydrogens is 333 g/mol. The predicted molar refractivity (Wildman–Crippen MR) is 88.9 cm³/mol. The second-order valence-electron chi connectivity index (χ2n) is 4.53. The predicted octanol–water partition coefficient (Wildman–Crippen LogP) is 1.73. The van der Waals surface area contributed by atoms with Gasteiger partial charge >= 0.3 is 5.69 Å². The van der Waals surface area contributed by atoms with E-state index in [0.29, 0.717) is 12.4 Å². The molecule has 22 heavy (non-hydrogen) atoms. The van der Waals surface area contributed by atoms with Gasteiger partial charge in [-0.2, -0.15) is 0 Å². The molecule has 0 aliphatic carbocycles. The number of nitrogens with one attached hydrogen (secondary N) is 1. The first-order valence-corrected chi connectivity index (χ1v) is 6.59. The molecule has 1 fully saturated rings. The molecule has 7 nitrogen and oxygen atoms in total. The van der Waals surface area contributed by atoms with E-state index < -0.39 is 4.92 Å². The van der Waals surface area contributed by atoms with Gasteiger partial charge in [0.2, 0.25) is 0 Å². The fraction of sp³-hybridized carbons (Fsp3) is 0.538. The van der Waals surface area contributed by atoms with Crippen LogP contribution in [0.3, 0.4) is 0 Å². The molecule has 0 radical (unpaired) electrons. The lowest BCUT2D eigenvalue weighted by Gasteiger charge is -2.26. The molecule has 1 N–H and O–H groups in total. The number of benzene rings is 1. The van der Waals surface area contributed by atoms with Crippen LogP contribution < -0.4 is 14.8 Å². The maximum atomic E-state index is 11.0. The third kappa shape index (κ3) is 5.84. The number of ether oxygens (including phenoxy) is 2. The number of hydrogen-bond acceptors (Lipinski definition) is 6. The standard InChI is InChI=1S/C13H19N3O4.2ClH/c1-19-11-2-3-13(12(10-11)16(17)18)20-9-8-15-6-4-14-5-7-15;;/h2-3,10,14H,4-9H2,1H3;2*1H. The van der Waals surface area contributed by atoms with Gasteiger partial charge in [-0.1, -0.05) is 0 Å². The molecule has 0 unspecified atom stereocenters.